The van der Waals surface area contributed by atoms with Crippen LogP contribution in [0.3, 0.4) is 0 Å². The van der Waals surface area contributed by atoms with Gasteiger partial charge in [-0.05, 0) is 54.7 Å². The molecule has 8 heteroatoms. The Kier molecular flexibility index (Phi) is 5.28. The summed E-state index contributed by atoms with van der Waals surface area (Å²) in [5, 5.41) is 4.69. The first-order valence-electron chi connectivity index (χ1n) is 12.1. The molecule has 1 saturated heterocycles. The number of hydrogen-bond donors (Lipinski definition) is 1. The minimum Gasteiger partial charge on any atom is -0.472 e. The Morgan fingerprint density at radius 2 is 2.15 bits per heavy atom. The number of anilines is 1. The summed E-state index contributed by atoms with van der Waals surface area (Å²) >= 11 is 1.66. The molecule has 0 spiro atoms. The predicted octanol–water partition coefficient (Wildman–Crippen LogP) is 5.44. The topological polar surface area (TPSA) is 84.2 Å². The van der Waals surface area contributed by atoms with Gasteiger partial charge in [0, 0.05) is 37.0 Å². The maximum atomic E-state index is 11.9. The molecule has 6 rings (SSSR count). The van der Waals surface area contributed by atoms with Crippen molar-refractivity contribution in [2.45, 2.75) is 52.4 Å². The van der Waals surface area contributed by atoms with Crippen molar-refractivity contribution in [3.05, 3.63) is 36.0 Å². The van der Waals surface area contributed by atoms with Crippen LogP contribution in [0.5, 0.6) is 0 Å². The number of nitrogens with zero attached hydrogens (tertiary/aromatic N) is 4. The van der Waals surface area contributed by atoms with E-state index < -0.39 is 0 Å². The van der Waals surface area contributed by atoms with E-state index in [4.69, 9.17) is 14.4 Å². The molecule has 1 fully saturated rings. The Morgan fingerprint density at radius 3 is 2.94 bits per heavy atom. The SMILES string of the molecule is CC1(C)CCc2c(-c3ccoc3)nc3sc4c(NCCCN5CCCC5=O)ncnc4c3c2C1. The number of carbonyl (C=O) groups is 1. The summed E-state index contributed by atoms with van der Waals surface area (Å²) < 4.78 is 6.45. The van der Waals surface area contributed by atoms with E-state index in [1.54, 1.807) is 30.2 Å². The number of thiophene rings is 1. The number of hydrogen-bond acceptors (Lipinski definition) is 7. The molecule has 0 saturated carbocycles. The molecule has 0 bridgehead atoms. The number of pyridine rings is 1. The highest BCUT2D eigenvalue weighted by Gasteiger charge is 2.31. The van der Waals surface area contributed by atoms with Gasteiger partial charge in [0.1, 0.15) is 17.0 Å². The summed E-state index contributed by atoms with van der Waals surface area (Å²) in [6, 6.07) is 2.00. The van der Waals surface area contributed by atoms with Gasteiger partial charge in [0.25, 0.3) is 0 Å². The molecule has 2 aliphatic rings. The standard InChI is InChI=1S/C26H29N5O2S/c1-26(2)8-6-17-18(13-26)20-22-23(34-25(20)30-21(17)16-7-12-33-14-16)24(29-15-28-22)27-9-4-11-31-10-3-5-19(31)32/h7,12,14-15H,3-6,8-11,13H2,1-2H3,(H,27,28,29). The zero-order valence-electron chi connectivity index (χ0n) is 19.7. The molecule has 0 unspecified atom stereocenters. The van der Waals surface area contributed by atoms with Crippen LogP contribution in [0.2, 0.25) is 0 Å². The third kappa shape index (κ3) is 3.74. The largest absolute Gasteiger partial charge is 0.472 e. The third-order valence-corrected chi connectivity index (χ3v) is 8.27. The zero-order valence-corrected chi connectivity index (χ0v) is 20.5. The molecule has 0 radical (unpaired) electrons. The molecule has 5 heterocycles. The van der Waals surface area contributed by atoms with E-state index in [0.717, 1.165) is 83.9 Å². The normalized spacial score (nSPS) is 17.6. The monoisotopic (exact) mass is 475 g/mol. The molecular weight excluding hydrogens is 446 g/mol. The fraction of sp³-hybridized carbons (Fsp3) is 0.462. The Bertz CT molecular complexity index is 1380. The lowest BCUT2D eigenvalue weighted by atomic mass is 9.73. The van der Waals surface area contributed by atoms with E-state index in [-0.39, 0.29) is 11.3 Å². The van der Waals surface area contributed by atoms with Crippen molar-refractivity contribution in [3.63, 3.8) is 0 Å². The Balaban J connectivity index is 1.38. The van der Waals surface area contributed by atoms with Crippen molar-refractivity contribution in [3.8, 4) is 11.3 Å². The van der Waals surface area contributed by atoms with Gasteiger partial charge in [-0.15, -0.1) is 11.3 Å². The Labute approximate surface area is 202 Å². The van der Waals surface area contributed by atoms with Crippen molar-refractivity contribution in [1.82, 2.24) is 19.9 Å². The number of furan rings is 1. The second-order valence-electron chi connectivity index (χ2n) is 10.2. The lowest BCUT2D eigenvalue weighted by molar-refractivity contribution is -0.127. The summed E-state index contributed by atoms with van der Waals surface area (Å²) in [5.41, 5.74) is 6.02. The van der Waals surface area contributed by atoms with Crippen LogP contribution in [0.15, 0.2) is 29.3 Å². The molecule has 176 valence electrons. The van der Waals surface area contributed by atoms with Crippen molar-refractivity contribution >= 4 is 43.5 Å². The first kappa shape index (κ1) is 21.5. The Morgan fingerprint density at radius 1 is 1.24 bits per heavy atom. The van der Waals surface area contributed by atoms with Crippen LogP contribution in [0.1, 0.15) is 50.7 Å². The second-order valence-corrected chi connectivity index (χ2v) is 11.2. The smallest absolute Gasteiger partial charge is 0.222 e. The van der Waals surface area contributed by atoms with Gasteiger partial charge in [-0.1, -0.05) is 13.8 Å². The molecule has 1 amide bonds. The average Bonchev–Trinajstić information content (AvgIpc) is 3.55. The van der Waals surface area contributed by atoms with Crippen molar-refractivity contribution in [2.24, 2.45) is 5.41 Å². The number of fused-ring (bicyclic) bond motifs is 5. The fourth-order valence-corrected chi connectivity index (χ4v) is 6.51. The average molecular weight is 476 g/mol. The lowest BCUT2D eigenvalue weighted by Crippen LogP contribution is -2.27. The van der Waals surface area contributed by atoms with Crippen LogP contribution in [-0.2, 0) is 17.6 Å². The van der Waals surface area contributed by atoms with Gasteiger partial charge in [-0.25, -0.2) is 15.0 Å². The number of aromatic nitrogens is 3. The molecule has 1 N–H and O–H groups in total. The van der Waals surface area contributed by atoms with E-state index in [2.05, 4.69) is 24.1 Å². The molecule has 4 aromatic heterocycles. The van der Waals surface area contributed by atoms with E-state index in [9.17, 15) is 4.79 Å². The van der Waals surface area contributed by atoms with Crippen LogP contribution >= 0.6 is 11.3 Å². The van der Waals surface area contributed by atoms with Gasteiger partial charge < -0.3 is 14.6 Å². The van der Waals surface area contributed by atoms with Crippen LogP contribution < -0.4 is 5.32 Å². The maximum absolute atomic E-state index is 11.9. The van der Waals surface area contributed by atoms with Gasteiger partial charge in [-0.3, -0.25) is 4.79 Å². The minimum absolute atomic E-state index is 0.240. The molecule has 7 nitrogen and oxygen atoms in total. The fourth-order valence-electron chi connectivity index (χ4n) is 5.39. The van der Waals surface area contributed by atoms with Gasteiger partial charge >= 0.3 is 0 Å². The summed E-state index contributed by atoms with van der Waals surface area (Å²) in [6.07, 6.45) is 10.9. The third-order valence-electron chi connectivity index (χ3n) is 7.19. The summed E-state index contributed by atoms with van der Waals surface area (Å²) in [5.74, 6) is 1.13. The second kappa shape index (κ2) is 8.34. The number of carbonyl (C=O) groups excluding carboxylic acids is 1. The summed E-state index contributed by atoms with van der Waals surface area (Å²) in [6.45, 7) is 7.15. The quantitative estimate of drug-likeness (QED) is 0.374. The highest BCUT2D eigenvalue weighted by atomic mass is 32.1. The van der Waals surface area contributed by atoms with Crippen LogP contribution in [0, 0.1) is 5.41 Å². The van der Waals surface area contributed by atoms with E-state index in [1.807, 2.05) is 11.0 Å². The maximum Gasteiger partial charge on any atom is 0.222 e. The van der Waals surface area contributed by atoms with Crippen molar-refractivity contribution in [1.29, 1.82) is 0 Å². The first-order valence-corrected chi connectivity index (χ1v) is 12.9. The molecule has 0 aromatic carbocycles. The van der Waals surface area contributed by atoms with Crippen molar-refractivity contribution < 1.29 is 9.21 Å². The molecular formula is C26H29N5O2S. The van der Waals surface area contributed by atoms with Crippen LogP contribution in [0.25, 0.3) is 31.7 Å². The number of rotatable bonds is 6. The highest BCUT2D eigenvalue weighted by Crippen LogP contribution is 2.46. The number of nitrogens with one attached hydrogen (secondary N) is 1. The van der Waals surface area contributed by atoms with E-state index in [0.29, 0.717) is 6.42 Å². The van der Waals surface area contributed by atoms with Gasteiger partial charge in [0.15, 0.2) is 0 Å². The molecule has 4 aromatic rings. The van der Waals surface area contributed by atoms with Crippen LogP contribution in [-0.4, -0.2) is 45.4 Å². The number of amides is 1. The first-order chi connectivity index (χ1) is 16.5. The molecule has 1 aliphatic carbocycles. The van der Waals surface area contributed by atoms with Gasteiger partial charge in [0.05, 0.1) is 28.4 Å². The summed E-state index contributed by atoms with van der Waals surface area (Å²) in [7, 11) is 0. The van der Waals surface area contributed by atoms with Gasteiger partial charge in [0.2, 0.25) is 5.91 Å². The molecule has 34 heavy (non-hydrogen) atoms. The minimum atomic E-state index is 0.240. The van der Waals surface area contributed by atoms with E-state index in [1.165, 1.54) is 16.5 Å². The molecule has 1 aliphatic heterocycles. The summed E-state index contributed by atoms with van der Waals surface area (Å²) in [4.78, 5) is 29.3. The predicted molar refractivity (Wildman–Crippen MR) is 135 cm³/mol. The highest BCUT2D eigenvalue weighted by molar-refractivity contribution is 7.26. The van der Waals surface area contributed by atoms with Gasteiger partial charge in [-0.2, -0.15) is 0 Å². The Hall–Kier alpha value is -3.00. The van der Waals surface area contributed by atoms with Crippen molar-refractivity contribution in [2.75, 3.05) is 25.0 Å². The van der Waals surface area contributed by atoms with Crippen LogP contribution in [0.4, 0.5) is 5.82 Å². The zero-order chi connectivity index (χ0) is 23.3. The molecule has 0 atom stereocenters. The number of likely N-dealkylation sites (tertiary alicyclic amines) is 1. The lowest BCUT2D eigenvalue weighted by Gasteiger charge is -2.32. The van der Waals surface area contributed by atoms with E-state index >= 15 is 0 Å².